The number of nitrogens with zero attached hydrogens (tertiary/aromatic N) is 1. The number of carbonyl (C=O) groups is 1. The molecule has 3 atom stereocenters. The highest BCUT2D eigenvalue weighted by Gasteiger charge is 2.53. The first-order chi connectivity index (χ1) is 12.0. The maximum atomic E-state index is 11.8. The van der Waals surface area contributed by atoms with Crippen LogP contribution in [0.3, 0.4) is 0 Å². The average Bonchev–Trinajstić information content (AvgIpc) is 2.99. The molecular formula is C19H23N3O3. The first-order valence-electron chi connectivity index (χ1n) is 8.77. The lowest BCUT2D eigenvalue weighted by atomic mass is 10.1. The van der Waals surface area contributed by atoms with Crippen LogP contribution < -0.4 is 20.5 Å². The lowest BCUT2D eigenvalue weighted by Crippen LogP contribution is -2.18. The molecule has 1 saturated heterocycles. The maximum absolute atomic E-state index is 11.8. The van der Waals surface area contributed by atoms with Crippen molar-refractivity contribution in [1.82, 2.24) is 10.3 Å². The molecule has 4 rings (SSSR count). The van der Waals surface area contributed by atoms with Crippen molar-refractivity contribution in [2.24, 2.45) is 23.5 Å². The molecule has 0 radical (unpaired) electrons. The standard InChI is InChI=1S/C19H23N3O3/c1-10(2)25-17-6-12-11(5-13(17)18(20)23)3-4-22-19(12)24-9-16-14-7-21-8-15(14)16/h3-6,10,14-16,21H,7-9H2,1-2H3,(H2,20,23)/t14-,15?,16?/m0/s1. The number of rotatable bonds is 6. The predicted octanol–water partition coefficient (Wildman–Crippen LogP) is 1.97. The number of ether oxygens (including phenoxy) is 2. The lowest BCUT2D eigenvalue weighted by Gasteiger charge is -2.15. The van der Waals surface area contributed by atoms with Gasteiger partial charge in [0.25, 0.3) is 5.91 Å². The first kappa shape index (κ1) is 16.1. The van der Waals surface area contributed by atoms with E-state index in [4.69, 9.17) is 15.2 Å². The summed E-state index contributed by atoms with van der Waals surface area (Å²) >= 11 is 0. The van der Waals surface area contributed by atoms with Gasteiger partial charge in [-0.05, 0) is 62.4 Å². The zero-order valence-electron chi connectivity index (χ0n) is 14.5. The summed E-state index contributed by atoms with van der Waals surface area (Å²) in [6.07, 6.45) is 1.63. The summed E-state index contributed by atoms with van der Waals surface area (Å²) < 4.78 is 11.8. The van der Waals surface area contributed by atoms with E-state index in [1.807, 2.05) is 26.0 Å². The second-order valence-electron chi connectivity index (χ2n) is 7.18. The van der Waals surface area contributed by atoms with Gasteiger partial charge in [0.1, 0.15) is 5.75 Å². The van der Waals surface area contributed by atoms with Crippen LogP contribution in [0, 0.1) is 17.8 Å². The number of amides is 1. The van der Waals surface area contributed by atoms with E-state index in [1.54, 1.807) is 12.3 Å². The summed E-state index contributed by atoms with van der Waals surface area (Å²) in [5.41, 5.74) is 5.88. The Labute approximate surface area is 146 Å². The van der Waals surface area contributed by atoms with E-state index in [0.29, 0.717) is 29.7 Å². The van der Waals surface area contributed by atoms with Crippen LogP contribution in [-0.2, 0) is 0 Å². The summed E-state index contributed by atoms with van der Waals surface area (Å²) in [6, 6.07) is 5.41. The molecule has 2 fully saturated rings. The van der Waals surface area contributed by atoms with Crippen LogP contribution in [0.2, 0.25) is 0 Å². The topological polar surface area (TPSA) is 86.5 Å². The molecule has 2 heterocycles. The van der Waals surface area contributed by atoms with Crippen molar-refractivity contribution in [3.05, 3.63) is 30.0 Å². The van der Waals surface area contributed by atoms with Crippen molar-refractivity contribution in [2.45, 2.75) is 20.0 Å². The summed E-state index contributed by atoms with van der Waals surface area (Å²) in [5, 5.41) is 5.10. The zero-order valence-corrected chi connectivity index (χ0v) is 14.5. The smallest absolute Gasteiger partial charge is 0.252 e. The molecule has 132 valence electrons. The van der Waals surface area contributed by atoms with Crippen molar-refractivity contribution in [3.63, 3.8) is 0 Å². The van der Waals surface area contributed by atoms with Crippen LogP contribution in [0.1, 0.15) is 24.2 Å². The molecule has 25 heavy (non-hydrogen) atoms. The summed E-state index contributed by atoms with van der Waals surface area (Å²) in [5.74, 6) is 2.66. The number of hydrogen-bond acceptors (Lipinski definition) is 5. The first-order valence-corrected chi connectivity index (χ1v) is 8.77. The Balaban J connectivity index is 1.63. The molecule has 1 aromatic heterocycles. The Morgan fingerprint density at radius 1 is 1.36 bits per heavy atom. The van der Waals surface area contributed by atoms with Gasteiger partial charge in [-0.1, -0.05) is 0 Å². The third kappa shape index (κ3) is 3.02. The van der Waals surface area contributed by atoms with Crippen LogP contribution in [0.4, 0.5) is 0 Å². The minimum absolute atomic E-state index is 0.0603. The average molecular weight is 341 g/mol. The van der Waals surface area contributed by atoms with Gasteiger partial charge in [-0.25, -0.2) is 4.98 Å². The predicted molar refractivity (Wildman–Crippen MR) is 94.9 cm³/mol. The SMILES string of the molecule is CC(C)Oc1cc2c(OCC3C4CNC[C@@H]43)nccc2cc1C(N)=O. The Morgan fingerprint density at radius 3 is 2.80 bits per heavy atom. The molecule has 1 aliphatic carbocycles. The number of aromatic nitrogens is 1. The molecule has 2 unspecified atom stereocenters. The molecule has 6 heteroatoms. The van der Waals surface area contributed by atoms with Gasteiger partial charge in [0.05, 0.1) is 18.3 Å². The number of carbonyl (C=O) groups excluding carboxylic acids is 1. The van der Waals surface area contributed by atoms with Gasteiger partial charge < -0.3 is 20.5 Å². The third-order valence-corrected chi connectivity index (χ3v) is 5.14. The van der Waals surface area contributed by atoms with Gasteiger partial charge in [-0.2, -0.15) is 0 Å². The molecule has 1 amide bonds. The number of fused-ring (bicyclic) bond motifs is 2. The summed E-state index contributed by atoms with van der Waals surface area (Å²) in [4.78, 5) is 16.1. The molecule has 1 aliphatic heterocycles. The fraction of sp³-hybridized carbons (Fsp3) is 0.474. The zero-order chi connectivity index (χ0) is 17.6. The highest BCUT2D eigenvalue weighted by molar-refractivity contribution is 6.01. The Kier molecular flexibility index (Phi) is 4.00. The number of hydrogen-bond donors (Lipinski definition) is 2. The molecule has 6 nitrogen and oxygen atoms in total. The third-order valence-electron chi connectivity index (χ3n) is 5.14. The van der Waals surface area contributed by atoms with Crippen molar-refractivity contribution < 1.29 is 14.3 Å². The second-order valence-corrected chi connectivity index (χ2v) is 7.18. The van der Waals surface area contributed by atoms with Crippen LogP contribution in [0.15, 0.2) is 24.4 Å². The number of nitrogens with one attached hydrogen (secondary N) is 1. The van der Waals surface area contributed by atoms with E-state index < -0.39 is 5.91 Å². The van der Waals surface area contributed by atoms with Gasteiger partial charge in [-0.15, -0.1) is 0 Å². The maximum Gasteiger partial charge on any atom is 0.252 e. The van der Waals surface area contributed by atoms with Crippen molar-refractivity contribution in [2.75, 3.05) is 19.7 Å². The molecule has 2 aliphatic rings. The number of benzene rings is 1. The largest absolute Gasteiger partial charge is 0.490 e. The Hall–Kier alpha value is -2.34. The lowest BCUT2D eigenvalue weighted by molar-refractivity contribution is 0.0994. The number of pyridine rings is 1. The van der Waals surface area contributed by atoms with E-state index in [-0.39, 0.29) is 6.10 Å². The monoisotopic (exact) mass is 341 g/mol. The number of nitrogens with two attached hydrogens (primary N) is 1. The van der Waals surface area contributed by atoms with E-state index in [0.717, 1.165) is 35.7 Å². The van der Waals surface area contributed by atoms with Gasteiger partial charge in [0.2, 0.25) is 5.88 Å². The van der Waals surface area contributed by atoms with E-state index >= 15 is 0 Å². The minimum atomic E-state index is -0.505. The molecule has 2 aromatic rings. The van der Waals surface area contributed by atoms with Crippen LogP contribution in [0.25, 0.3) is 10.8 Å². The number of piperidine rings is 1. The van der Waals surface area contributed by atoms with Gasteiger partial charge >= 0.3 is 0 Å². The summed E-state index contributed by atoms with van der Waals surface area (Å²) in [7, 11) is 0. The normalized spacial score (nSPS) is 24.4. The van der Waals surface area contributed by atoms with Crippen molar-refractivity contribution in [3.8, 4) is 11.6 Å². The van der Waals surface area contributed by atoms with Gasteiger partial charge in [0, 0.05) is 17.5 Å². The fourth-order valence-corrected chi connectivity index (χ4v) is 3.80. The van der Waals surface area contributed by atoms with Gasteiger partial charge in [0.15, 0.2) is 0 Å². The van der Waals surface area contributed by atoms with Crippen molar-refractivity contribution in [1.29, 1.82) is 0 Å². The highest BCUT2D eigenvalue weighted by atomic mass is 16.5. The number of primary amides is 1. The molecule has 0 bridgehead atoms. The molecule has 3 N–H and O–H groups in total. The molecule has 0 spiro atoms. The van der Waals surface area contributed by atoms with E-state index in [2.05, 4.69) is 10.3 Å². The van der Waals surface area contributed by atoms with Gasteiger partial charge in [-0.3, -0.25) is 4.79 Å². The van der Waals surface area contributed by atoms with Crippen molar-refractivity contribution >= 4 is 16.7 Å². The van der Waals surface area contributed by atoms with E-state index in [9.17, 15) is 4.79 Å². The quantitative estimate of drug-likeness (QED) is 0.839. The second kappa shape index (κ2) is 6.19. The molecular weight excluding hydrogens is 318 g/mol. The van der Waals surface area contributed by atoms with Crippen LogP contribution in [0.5, 0.6) is 11.6 Å². The van der Waals surface area contributed by atoms with Crippen LogP contribution >= 0.6 is 0 Å². The van der Waals surface area contributed by atoms with Crippen LogP contribution in [-0.4, -0.2) is 36.7 Å². The Bertz CT molecular complexity index is 811. The summed E-state index contributed by atoms with van der Waals surface area (Å²) in [6.45, 7) is 6.69. The molecule has 1 aromatic carbocycles. The minimum Gasteiger partial charge on any atom is -0.490 e. The Morgan fingerprint density at radius 2 is 2.12 bits per heavy atom. The fourth-order valence-electron chi connectivity index (χ4n) is 3.80. The highest BCUT2D eigenvalue weighted by Crippen LogP contribution is 2.48. The molecule has 1 saturated carbocycles. The van der Waals surface area contributed by atoms with E-state index in [1.165, 1.54) is 0 Å².